The van der Waals surface area contributed by atoms with Crippen LogP contribution in [0.5, 0.6) is 0 Å². The van der Waals surface area contributed by atoms with Gasteiger partial charge in [0.2, 0.25) is 5.91 Å². The Morgan fingerprint density at radius 1 is 1.40 bits per heavy atom. The minimum atomic E-state index is 0.0371. The molecule has 0 radical (unpaired) electrons. The summed E-state index contributed by atoms with van der Waals surface area (Å²) in [6.07, 6.45) is 7.68. The molecule has 0 unspecified atom stereocenters. The number of nitrogens with one attached hydrogen (secondary N) is 1. The molecule has 3 heteroatoms. The number of carbonyl (C=O) groups excluding carboxylic acids is 1. The molecule has 20 heavy (non-hydrogen) atoms. The van der Waals surface area contributed by atoms with Gasteiger partial charge in [0, 0.05) is 18.0 Å². The lowest BCUT2D eigenvalue weighted by Gasteiger charge is -2.24. The smallest absolute Gasteiger partial charge is 0.224 e. The standard InChI is InChI=1S/C17H22ClNO/c1-17(2)10-9-16(20)19-15-12-13(7-8-14(15)17)6-4-3-5-11-18/h4,6-8,12H,3,5,9-11H2,1-2H3,(H,19,20). The summed E-state index contributed by atoms with van der Waals surface area (Å²) in [6.45, 7) is 4.39. The molecule has 0 aliphatic carbocycles. The molecule has 0 saturated heterocycles. The van der Waals surface area contributed by atoms with Crippen LogP contribution in [0.2, 0.25) is 0 Å². The number of fused-ring (bicyclic) bond motifs is 1. The summed E-state index contributed by atoms with van der Waals surface area (Å²) in [5.74, 6) is 0.804. The zero-order valence-corrected chi connectivity index (χ0v) is 13.0. The van der Waals surface area contributed by atoms with Crippen molar-refractivity contribution in [3.8, 4) is 0 Å². The van der Waals surface area contributed by atoms with Gasteiger partial charge in [0.25, 0.3) is 0 Å². The first-order chi connectivity index (χ1) is 9.53. The predicted molar refractivity (Wildman–Crippen MR) is 86.3 cm³/mol. The van der Waals surface area contributed by atoms with Crippen molar-refractivity contribution in [1.29, 1.82) is 0 Å². The van der Waals surface area contributed by atoms with E-state index in [0.717, 1.165) is 30.5 Å². The quantitative estimate of drug-likeness (QED) is 0.631. The Kier molecular flexibility index (Phi) is 4.87. The fourth-order valence-corrected chi connectivity index (χ4v) is 2.70. The summed E-state index contributed by atoms with van der Waals surface area (Å²) < 4.78 is 0. The van der Waals surface area contributed by atoms with Crippen molar-refractivity contribution >= 4 is 29.3 Å². The van der Waals surface area contributed by atoms with Crippen molar-refractivity contribution in [3.05, 3.63) is 35.4 Å². The number of halogens is 1. The Balaban J connectivity index is 2.25. The summed E-state index contributed by atoms with van der Waals surface area (Å²) in [7, 11) is 0. The monoisotopic (exact) mass is 291 g/mol. The zero-order chi connectivity index (χ0) is 14.6. The van der Waals surface area contributed by atoms with Crippen molar-refractivity contribution in [3.63, 3.8) is 0 Å². The van der Waals surface area contributed by atoms with Gasteiger partial charge in [0.15, 0.2) is 0 Å². The zero-order valence-electron chi connectivity index (χ0n) is 12.2. The molecule has 1 aromatic carbocycles. The van der Waals surface area contributed by atoms with Crippen LogP contribution >= 0.6 is 11.6 Å². The van der Waals surface area contributed by atoms with Gasteiger partial charge in [-0.25, -0.2) is 0 Å². The van der Waals surface area contributed by atoms with Crippen LogP contribution < -0.4 is 5.32 Å². The summed E-state index contributed by atoms with van der Waals surface area (Å²) in [6, 6.07) is 6.33. The largest absolute Gasteiger partial charge is 0.326 e. The third kappa shape index (κ3) is 3.63. The van der Waals surface area contributed by atoms with Crippen LogP contribution in [0.15, 0.2) is 24.3 Å². The molecule has 0 aromatic heterocycles. The van der Waals surface area contributed by atoms with Gasteiger partial charge in [-0.15, -0.1) is 11.6 Å². The lowest BCUT2D eigenvalue weighted by atomic mass is 9.80. The molecule has 1 aromatic rings. The maximum atomic E-state index is 11.8. The van der Waals surface area contributed by atoms with E-state index < -0.39 is 0 Å². The Bertz CT molecular complexity index is 520. The third-order valence-electron chi connectivity index (χ3n) is 3.84. The van der Waals surface area contributed by atoms with Crippen molar-refractivity contribution in [2.24, 2.45) is 0 Å². The molecule has 1 aliphatic heterocycles. The average Bonchev–Trinajstić information content (AvgIpc) is 2.52. The van der Waals surface area contributed by atoms with Crippen LogP contribution in [0, 0.1) is 0 Å². The van der Waals surface area contributed by atoms with E-state index in [2.05, 4.69) is 49.5 Å². The lowest BCUT2D eigenvalue weighted by molar-refractivity contribution is -0.116. The number of unbranched alkanes of at least 4 members (excludes halogenated alkanes) is 1. The first-order valence-electron chi connectivity index (χ1n) is 7.20. The van der Waals surface area contributed by atoms with E-state index >= 15 is 0 Å². The average molecular weight is 292 g/mol. The first kappa shape index (κ1) is 15.1. The summed E-state index contributed by atoms with van der Waals surface area (Å²) in [4.78, 5) is 11.8. The molecule has 0 atom stereocenters. The van der Waals surface area contributed by atoms with E-state index in [-0.39, 0.29) is 11.3 Å². The summed E-state index contributed by atoms with van der Waals surface area (Å²) in [5.41, 5.74) is 3.34. The maximum absolute atomic E-state index is 11.8. The minimum absolute atomic E-state index is 0.0371. The van der Waals surface area contributed by atoms with Crippen LogP contribution in [-0.4, -0.2) is 11.8 Å². The number of carbonyl (C=O) groups is 1. The van der Waals surface area contributed by atoms with Crippen molar-refractivity contribution in [2.45, 2.75) is 44.9 Å². The van der Waals surface area contributed by atoms with Gasteiger partial charge >= 0.3 is 0 Å². The Labute approximate surface area is 126 Å². The fourth-order valence-electron chi connectivity index (χ4n) is 2.55. The van der Waals surface area contributed by atoms with Gasteiger partial charge in [-0.3, -0.25) is 4.79 Å². The van der Waals surface area contributed by atoms with Crippen LogP contribution in [0.1, 0.15) is 50.7 Å². The molecule has 0 fully saturated rings. The van der Waals surface area contributed by atoms with Gasteiger partial charge < -0.3 is 5.32 Å². The lowest BCUT2D eigenvalue weighted by Crippen LogP contribution is -2.16. The first-order valence-corrected chi connectivity index (χ1v) is 7.73. The molecule has 108 valence electrons. The highest BCUT2D eigenvalue weighted by molar-refractivity contribution is 6.17. The van der Waals surface area contributed by atoms with Crippen LogP contribution in [-0.2, 0) is 10.2 Å². The van der Waals surface area contributed by atoms with Crippen molar-refractivity contribution < 1.29 is 4.79 Å². The second kappa shape index (κ2) is 6.45. The van der Waals surface area contributed by atoms with E-state index in [1.807, 2.05) is 0 Å². The van der Waals surface area contributed by atoms with Crippen LogP contribution in [0.25, 0.3) is 6.08 Å². The van der Waals surface area contributed by atoms with E-state index in [1.54, 1.807) is 0 Å². The van der Waals surface area contributed by atoms with E-state index in [9.17, 15) is 4.79 Å². The number of benzene rings is 1. The molecule has 1 N–H and O–H groups in total. The number of alkyl halides is 1. The Morgan fingerprint density at radius 3 is 2.95 bits per heavy atom. The summed E-state index contributed by atoms with van der Waals surface area (Å²) >= 11 is 5.66. The fraction of sp³-hybridized carbons (Fsp3) is 0.471. The predicted octanol–water partition coefficient (Wildman–Crippen LogP) is 4.73. The van der Waals surface area contributed by atoms with Gasteiger partial charge in [0.1, 0.15) is 0 Å². The molecule has 1 amide bonds. The highest BCUT2D eigenvalue weighted by Crippen LogP contribution is 2.37. The Hall–Kier alpha value is -1.28. The van der Waals surface area contributed by atoms with Crippen molar-refractivity contribution in [2.75, 3.05) is 11.2 Å². The molecule has 0 bridgehead atoms. The molecular formula is C17H22ClNO. The van der Waals surface area contributed by atoms with Crippen molar-refractivity contribution in [1.82, 2.24) is 0 Å². The van der Waals surface area contributed by atoms with Crippen LogP contribution in [0.3, 0.4) is 0 Å². The van der Waals surface area contributed by atoms with Crippen LogP contribution in [0.4, 0.5) is 5.69 Å². The molecule has 2 rings (SSSR count). The summed E-state index contributed by atoms with van der Waals surface area (Å²) in [5, 5.41) is 3.03. The van der Waals surface area contributed by atoms with E-state index in [0.29, 0.717) is 12.3 Å². The molecule has 2 nitrogen and oxygen atoms in total. The second-order valence-corrected chi connectivity index (χ2v) is 6.35. The number of anilines is 1. The number of hydrogen-bond donors (Lipinski definition) is 1. The molecular weight excluding hydrogens is 270 g/mol. The SMILES string of the molecule is CC1(C)CCC(=O)Nc2cc(C=CCCCCl)ccc21. The maximum Gasteiger partial charge on any atom is 0.224 e. The second-order valence-electron chi connectivity index (χ2n) is 5.97. The highest BCUT2D eigenvalue weighted by Gasteiger charge is 2.28. The number of rotatable bonds is 4. The number of allylic oxidation sites excluding steroid dienone is 1. The topological polar surface area (TPSA) is 29.1 Å². The third-order valence-corrected chi connectivity index (χ3v) is 4.11. The van der Waals surface area contributed by atoms with E-state index in [1.165, 1.54) is 5.56 Å². The molecule has 0 spiro atoms. The van der Waals surface area contributed by atoms with Gasteiger partial charge in [-0.2, -0.15) is 0 Å². The number of amides is 1. The number of hydrogen-bond acceptors (Lipinski definition) is 1. The minimum Gasteiger partial charge on any atom is -0.326 e. The van der Waals surface area contributed by atoms with Gasteiger partial charge in [-0.05, 0) is 41.9 Å². The Morgan fingerprint density at radius 2 is 2.20 bits per heavy atom. The van der Waals surface area contributed by atoms with E-state index in [4.69, 9.17) is 11.6 Å². The highest BCUT2D eigenvalue weighted by atomic mass is 35.5. The van der Waals surface area contributed by atoms with Gasteiger partial charge in [0.05, 0.1) is 0 Å². The molecule has 1 heterocycles. The molecule has 0 saturated carbocycles. The molecule has 1 aliphatic rings. The van der Waals surface area contributed by atoms with Gasteiger partial charge in [-0.1, -0.05) is 38.1 Å². The normalized spacial score (nSPS) is 17.6.